The summed E-state index contributed by atoms with van der Waals surface area (Å²) in [5.74, 6) is -0.639. The van der Waals surface area contributed by atoms with E-state index in [0.717, 1.165) is 6.42 Å². The molecule has 0 spiro atoms. The van der Waals surface area contributed by atoms with Crippen LogP contribution in [0.1, 0.15) is 23.7 Å². The lowest BCUT2D eigenvalue weighted by Crippen LogP contribution is -2.15. The first-order valence-corrected chi connectivity index (χ1v) is 7.36. The number of nitrogens with zero attached hydrogens (tertiary/aromatic N) is 1. The zero-order valence-electron chi connectivity index (χ0n) is 10.1. The minimum absolute atomic E-state index is 0.0151. The highest BCUT2D eigenvalue weighted by molar-refractivity contribution is 7.84. The number of carbonyl (C=O) groups is 1. The Kier molecular flexibility index (Phi) is 5.55. The topological polar surface area (TPSA) is 79.3 Å². The van der Waals surface area contributed by atoms with E-state index in [4.69, 9.17) is 16.7 Å². The molecule has 0 amide bonds. The standard InChI is InChI=1S/C11H15ClN2O3S/c1-7(18(2)17)3-4-13-10-5-8(11(15)16)9(12)6-14-10/h5-7H,3-4H2,1-2H3,(H,13,14)(H,15,16). The van der Waals surface area contributed by atoms with E-state index < -0.39 is 16.8 Å². The van der Waals surface area contributed by atoms with Gasteiger partial charge in [0.2, 0.25) is 0 Å². The van der Waals surface area contributed by atoms with Crippen LogP contribution in [0.15, 0.2) is 12.3 Å². The van der Waals surface area contributed by atoms with Crippen molar-refractivity contribution in [2.24, 2.45) is 0 Å². The molecule has 7 heteroatoms. The van der Waals surface area contributed by atoms with Gasteiger partial charge in [0.15, 0.2) is 0 Å². The number of pyridine rings is 1. The van der Waals surface area contributed by atoms with Crippen LogP contribution in [0.5, 0.6) is 0 Å². The largest absolute Gasteiger partial charge is 0.478 e. The van der Waals surface area contributed by atoms with Crippen LogP contribution in [-0.4, -0.2) is 38.3 Å². The Balaban J connectivity index is 2.61. The lowest BCUT2D eigenvalue weighted by molar-refractivity contribution is 0.0697. The van der Waals surface area contributed by atoms with Crippen molar-refractivity contribution in [1.82, 2.24) is 4.98 Å². The third-order valence-electron chi connectivity index (χ3n) is 2.51. The van der Waals surface area contributed by atoms with Crippen molar-refractivity contribution < 1.29 is 14.1 Å². The fraction of sp³-hybridized carbons (Fsp3) is 0.455. The molecule has 1 aromatic heterocycles. The van der Waals surface area contributed by atoms with Crippen LogP contribution in [-0.2, 0) is 10.8 Å². The lowest BCUT2D eigenvalue weighted by atomic mass is 10.2. The Hall–Kier alpha value is -1.14. The smallest absolute Gasteiger partial charge is 0.337 e. The average molecular weight is 291 g/mol. The molecular formula is C11H15ClN2O3S. The molecule has 18 heavy (non-hydrogen) atoms. The maximum atomic E-state index is 11.1. The van der Waals surface area contributed by atoms with E-state index in [1.54, 1.807) is 6.26 Å². The summed E-state index contributed by atoms with van der Waals surface area (Å²) in [6.07, 6.45) is 3.68. The van der Waals surface area contributed by atoms with Crippen LogP contribution in [0.25, 0.3) is 0 Å². The quantitative estimate of drug-likeness (QED) is 0.838. The highest BCUT2D eigenvalue weighted by atomic mass is 35.5. The third-order valence-corrected chi connectivity index (χ3v) is 4.18. The fourth-order valence-corrected chi connectivity index (χ4v) is 1.90. The number of aromatic carboxylic acids is 1. The maximum absolute atomic E-state index is 11.1. The van der Waals surface area contributed by atoms with Crippen LogP contribution < -0.4 is 5.32 Å². The van der Waals surface area contributed by atoms with Crippen molar-refractivity contribution in [3.8, 4) is 0 Å². The van der Waals surface area contributed by atoms with Crippen molar-refractivity contribution in [2.75, 3.05) is 18.1 Å². The summed E-state index contributed by atoms with van der Waals surface area (Å²) in [5, 5.41) is 12.1. The molecule has 1 rings (SSSR count). The zero-order chi connectivity index (χ0) is 13.7. The van der Waals surface area contributed by atoms with E-state index in [0.29, 0.717) is 12.4 Å². The number of aromatic nitrogens is 1. The van der Waals surface area contributed by atoms with Crippen LogP contribution >= 0.6 is 11.6 Å². The van der Waals surface area contributed by atoms with Gasteiger partial charge in [-0.15, -0.1) is 0 Å². The van der Waals surface area contributed by atoms with Crippen molar-refractivity contribution >= 4 is 34.2 Å². The van der Waals surface area contributed by atoms with Crippen molar-refractivity contribution in [2.45, 2.75) is 18.6 Å². The fourth-order valence-electron chi connectivity index (χ4n) is 1.27. The van der Waals surface area contributed by atoms with Gasteiger partial charge in [0, 0.05) is 35.0 Å². The predicted octanol–water partition coefficient (Wildman–Crippen LogP) is 2.00. The van der Waals surface area contributed by atoms with Crippen molar-refractivity contribution in [1.29, 1.82) is 0 Å². The molecule has 0 aliphatic carbocycles. The number of carboxylic acid groups (broad SMARTS) is 1. The normalized spacial score (nSPS) is 13.9. The molecule has 2 atom stereocenters. The van der Waals surface area contributed by atoms with E-state index in [1.807, 2.05) is 6.92 Å². The first-order chi connectivity index (χ1) is 8.41. The second-order valence-corrected chi connectivity index (χ2v) is 6.09. The molecule has 0 fully saturated rings. The van der Waals surface area contributed by atoms with E-state index in [2.05, 4.69) is 10.3 Å². The summed E-state index contributed by atoms with van der Waals surface area (Å²) in [6, 6.07) is 1.39. The minimum atomic E-state index is -1.09. The van der Waals surface area contributed by atoms with Gasteiger partial charge in [-0.3, -0.25) is 4.21 Å². The number of halogens is 1. The first kappa shape index (κ1) is 14.9. The molecule has 2 N–H and O–H groups in total. The molecule has 1 aromatic rings. The molecule has 0 aromatic carbocycles. The number of hydrogen-bond donors (Lipinski definition) is 2. The van der Waals surface area contributed by atoms with Gasteiger partial charge in [-0.05, 0) is 12.5 Å². The highest BCUT2D eigenvalue weighted by Crippen LogP contribution is 2.17. The first-order valence-electron chi connectivity index (χ1n) is 5.36. The van der Waals surface area contributed by atoms with Gasteiger partial charge in [-0.25, -0.2) is 9.78 Å². The zero-order valence-corrected chi connectivity index (χ0v) is 11.7. The van der Waals surface area contributed by atoms with Crippen molar-refractivity contribution in [3.63, 3.8) is 0 Å². The van der Waals surface area contributed by atoms with E-state index >= 15 is 0 Å². The summed E-state index contributed by atoms with van der Waals surface area (Å²) in [6.45, 7) is 2.48. The van der Waals surface area contributed by atoms with Gasteiger partial charge in [-0.2, -0.15) is 0 Å². The Morgan fingerprint density at radius 3 is 2.89 bits per heavy atom. The van der Waals surface area contributed by atoms with Gasteiger partial charge in [-0.1, -0.05) is 18.5 Å². The third kappa shape index (κ3) is 4.27. The maximum Gasteiger partial charge on any atom is 0.337 e. The molecule has 0 aliphatic rings. The Morgan fingerprint density at radius 1 is 1.67 bits per heavy atom. The van der Waals surface area contributed by atoms with Gasteiger partial charge in [0.1, 0.15) is 5.82 Å². The predicted molar refractivity (Wildman–Crippen MR) is 72.8 cm³/mol. The lowest BCUT2D eigenvalue weighted by Gasteiger charge is -2.10. The summed E-state index contributed by atoms with van der Waals surface area (Å²) in [4.78, 5) is 14.8. The van der Waals surface area contributed by atoms with E-state index in [-0.39, 0.29) is 15.8 Å². The second-order valence-electron chi connectivity index (χ2n) is 3.88. The second kappa shape index (κ2) is 6.70. The molecule has 0 saturated heterocycles. The van der Waals surface area contributed by atoms with E-state index in [9.17, 15) is 9.00 Å². The molecule has 5 nitrogen and oxygen atoms in total. The van der Waals surface area contributed by atoms with Gasteiger partial charge in [0.25, 0.3) is 0 Å². The monoisotopic (exact) mass is 290 g/mol. The number of hydrogen-bond acceptors (Lipinski definition) is 4. The molecule has 0 aliphatic heterocycles. The number of rotatable bonds is 6. The summed E-state index contributed by atoms with van der Waals surface area (Å²) >= 11 is 5.71. The number of anilines is 1. The molecule has 2 unspecified atom stereocenters. The summed E-state index contributed by atoms with van der Waals surface area (Å²) < 4.78 is 11.1. The summed E-state index contributed by atoms with van der Waals surface area (Å²) in [5.41, 5.74) is 0.0151. The van der Waals surface area contributed by atoms with Crippen LogP contribution in [0.2, 0.25) is 5.02 Å². The SMILES string of the molecule is CC(CCNc1cc(C(=O)O)c(Cl)cn1)S(C)=O. The van der Waals surface area contributed by atoms with Crippen LogP contribution in [0.4, 0.5) is 5.82 Å². The Morgan fingerprint density at radius 2 is 2.33 bits per heavy atom. The molecular weight excluding hydrogens is 276 g/mol. The van der Waals surface area contributed by atoms with Gasteiger partial charge >= 0.3 is 5.97 Å². The molecule has 0 bridgehead atoms. The molecule has 0 saturated carbocycles. The van der Waals surface area contributed by atoms with Crippen LogP contribution in [0, 0.1) is 0 Å². The Labute approximate surface area is 113 Å². The van der Waals surface area contributed by atoms with Gasteiger partial charge < -0.3 is 10.4 Å². The number of carboxylic acids is 1. The highest BCUT2D eigenvalue weighted by Gasteiger charge is 2.11. The van der Waals surface area contributed by atoms with Crippen LogP contribution in [0.3, 0.4) is 0 Å². The van der Waals surface area contributed by atoms with E-state index in [1.165, 1.54) is 12.3 Å². The minimum Gasteiger partial charge on any atom is -0.478 e. The molecule has 1 heterocycles. The van der Waals surface area contributed by atoms with Gasteiger partial charge in [0.05, 0.1) is 10.6 Å². The summed E-state index contributed by atoms with van der Waals surface area (Å²) in [7, 11) is -0.859. The molecule has 0 radical (unpaired) electrons. The Bertz CT molecular complexity index is 468. The molecule has 100 valence electrons. The van der Waals surface area contributed by atoms with Crippen molar-refractivity contribution in [3.05, 3.63) is 22.8 Å². The number of nitrogens with one attached hydrogen (secondary N) is 1. The average Bonchev–Trinajstić information content (AvgIpc) is 2.30.